The molecule has 1 N–H and O–H groups in total. The summed E-state index contributed by atoms with van der Waals surface area (Å²) in [6.07, 6.45) is 3.35. The van der Waals surface area contributed by atoms with Crippen molar-refractivity contribution in [1.29, 1.82) is 0 Å². The Morgan fingerprint density at radius 2 is 1.60 bits per heavy atom. The summed E-state index contributed by atoms with van der Waals surface area (Å²) in [5.74, 6) is -1.42. The maximum absolute atomic E-state index is 14.8. The quantitative estimate of drug-likeness (QED) is 0.385. The first-order valence-electron chi connectivity index (χ1n) is 11.0. The number of ketones is 2. The lowest BCUT2D eigenvalue weighted by molar-refractivity contribution is -0.133. The summed E-state index contributed by atoms with van der Waals surface area (Å²) in [4.78, 5) is 47.8. The van der Waals surface area contributed by atoms with Crippen LogP contribution in [0.25, 0.3) is 11.2 Å². The first-order valence-corrected chi connectivity index (χ1v) is 11.0. The molecule has 35 heavy (non-hydrogen) atoms. The predicted molar refractivity (Wildman–Crippen MR) is 122 cm³/mol. The summed E-state index contributed by atoms with van der Waals surface area (Å²) in [5.41, 5.74) is 0.0529. The van der Waals surface area contributed by atoms with Gasteiger partial charge >= 0.3 is 0 Å². The lowest BCUT2D eigenvalue weighted by Gasteiger charge is -2.14. The van der Waals surface area contributed by atoms with Crippen LogP contribution in [0.5, 0.6) is 11.5 Å². The van der Waals surface area contributed by atoms with Crippen LogP contribution in [0, 0.1) is 17.0 Å². The van der Waals surface area contributed by atoms with E-state index in [4.69, 9.17) is 4.74 Å². The summed E-state index contributed by atoms with van der Waals surface area (Å²) >= 11 is 0. The number of halogens is 2. The molecule has 1 aliphatic rings. The van der Waals surface area contributed by atoms with Crippen LogP contribution in [0.15, 0.2) is 65.7 Å². The van der Waals surface area contributed by atoms with E-state index < -0.39 is 22.6 Å². The molecule has 0 saturated heterocycles. The summed E-state index contributed by atoms with van der Waals surface area (Å²) < 4.78 is 33.6. The maximum Gasteiger partial charge on any atom is 0.268 e. The zero-order chi connectivity index (χ0) is 24.6. The van der Waals surface area contributed by atoms with Crippen molar-refractivity contribution in [3.63, 3.8) is 0 Å². The molecular weight excluding hydrogens is 456 g/mol. The van der Waals surface area contributed by atoms with E-state index in [1.165, 1.54) is 48.7 Å². The number of nitrogens with zero attached hydrogens (tertiary/aromatic N) is 2. The number of carbonyl (C=O) groups is 2. The Morgan fingerprint density at radius 3 is 2.29 bits per heavy atom. The molecule has 2 aromatic carbocycles. The number of benzene rings is 2. The van der Waals surface area contributed by atoms with Crippen LogP contribution >= 0.6 is 0 Å². The average molecular weight is 475 g/mol. The minimum atomic E-state index is -1.06. The van der Waals surface area contributed by atoms with Crippen molar-refractivity contribution in [2.45, 2.75) is 25.7 Å². The zero-order valence-corrected chi connectivity index (χ0v) is 18.4. The van der Waals surface area contributed by atoms with Crippen LogP contribution < -0.4 is 10.3 Å². The number of rotatable bonds is 8. The number of ether oxygens (including phenoxy) is 1. The number of aromatic nitrogens is 3. The summed E-state index contributed by atoms with van der Waals surface area (Å²) in [6.45, 7) is 0. The number of hydrogen-bond donors (Lipinski definition) is 1. The molecule has 0 bridgehead atoms. The molecule has 1 saturated carbocycles. The van der Waals surface area contributed by atoms with Crippen molar-refractivity contribution in [1.82, 2.24) is 15.0 Å². The largest absolute Gasteiger partial charge is 0.452 e. The molecule has 1 aliphatic carbocycles. The standard InChI is InChI=1S/C26H19F2N3O4/c27-17-4-1-15(2-5-17)12-21(32)26(8-9-26)22(33)13-16-3-6-19(18(28)11-16)35-20-7-10-29-25-24(20)30-14-23(34)31-25/h1-7,10-11,14H,8-9,12-13H2,(H,29,31,34). The lowest BCUT2D eigenvalue weighted by atomic mass is 9.88. The first kappa shape index (κ1) is 22.5. The Hall–Kier alpha value is -4.27. The normalized spacial score (nSPS) is 14.0. The molecule has 9 heteroatoms. The van der Waals surface area contributed by atoms with Gasteiger partial charge in [-0.05, 0) is 48.2 Å². The van der Waals surface area contributed by atoms with Gasteiger partial charge in [0.1, 0.15) is 11.3 Å². The van der Waals surface area contributed by atoms with Gasteiger partial charge in [0.15, 0.2) is 34.5 Å². The summed E-state index contributed by atoms with van der Waals surface area (Å²) in [7, 11) is 0. The number of nitrogens with one attached hydrogen (secondary N) is 1. The van der Waals surface area contributed by atoms with E-state index in [9.17, 15) is 23.2 Å². The lowest BCUT2D eigenvalue weighted by Crippen LogP contribution is -2.28. The Balaban J connectivity index is 1.29. The van der Waals surface area contributed by atoms with E-state index in [0.717, 1.165) is 6.20 Å². The van der Waals surface area contributed by atoms with E-state index >= 15 is 0 Å². The third-order valence-electron chi connectivity index (χ3n) is 6.12. The second-order valence-corrected chi connectivity index (χ2v) is 8.53. The topological polar surface area (TPSA) is 102 Å². The SMILES string of the molecule is O=C(Cc1ccc(F)cc1)C1(C(=O)Cc2ccc(Oc3ccnc4[nH]c(=O)cnc34)c(F)c2)CC1. The average Bonchev–Trinajstić information content (AvgIpc) is 3.65. The molecule has 4 aromatic rings. The van der Waals surface area contributed by atoms with Crippen LogP contribution in [0.4, 0.5) is 8.78 Å². The van der Waals surface area contributed by atoms with Crippen LogP contribution in [-0.2, 0) is 22.4 Å². The maximum atomic E-state index is 14.8. The first-order chi connectivity index (χ1) is 16.8. The zero-order valence-electron chi connectivity index (χ0n) is 18.4. The molecule has 7 nitrogen and oxygen atoms in total. The minimum Gasteiger partial charge on any atom is -0.452 e. The fourth-order valence-corrected chi connectivity index (χ4v) is 4.01. The fourth-order valence-electron chi connectivity index (χ4n) is 4.01. The van der Waals surface area contributed by atoms with Gasteiger partial charge in [0.05, 0.1) is 11.6 Å². The van der Waals surface area contributed by atoms with Crippen molar-refractivity contribution in [2.24, 2.45) is 5.41 Å². The van der Waals surface area contributed by atoms with Crippen molar-refractivity contribution in [3.05, 3.63) is 94.0 Å². The second kappa shape index (κ2) is 8.83. The van der Waals surface area contributed by atoms with Crippen molar-refractivity contribution < 1.29 is 23.1 Å². The highest BCUT2D eigenvalue weighted by molar-refractivity contribution is 6.10. The smallest absolute Gasteiger partial charge is 0.268 e. The molecule has 2 heterocycles. The van der Waals surface area contributed by atoms with E-state index in [1.54, 1.807) is 6.07 Å². The molecular formula is C26H19F2N3O4. The monoisotopic (exact) mass is 475 g/mol. The summed E-state index contributed by atoms with van der Waals surface area (Å²) in [5, 5.41) is 0. The highest BCUT2D eigenvalue weighted by Crippen LogP contribution is 2.49. The minimum absolute atomic E-state index is 0.0480. The molecule has 0 aliphatic heterocycles. The Kier molecular flexibility index (Phi) is 5.68. The van der Waals surface area contributed by atoms with Crippen molar-refractivity contribution in [2.75, 3.05) is 0 Å². The molecule has 176 valence electrons. The van der Waals surface area contributed by atoms with Crippen LogP contribution in [0.3, 0.4) is 0 Å². The van der Waals surface area contributed by atoms with Crippen LogP contribution in [0.2, 0.25) is 0 Å². The van der Waals surface area contributed by atoms with Gasteiger partial charge in [0.25, 0.3) is 5.56 Å². The highest BCUT2D eigenvalue weighted by atomic mass is 19.1. The highest BCUT2D eigenvalue weighted by Gasteiger charge is 2.54. The van der Waals surface area contributed by atoms with Crippen LogP contribution in [0.1, 0.15) is 24.0 Å². The van der Waals surface area contributed by atoms with Gasteiger partial charge in [-0.1, -0.05) is 18.2 Å². The number of H-pyrrole nitrogens is 1. The van der Waals surface area contributed by atoms with Gasteiger partial charge in [-0.25, -0.2) is 18.7 Å². The molecule has 0 radical (unpaired) electrons. The molecule has 0 amide bonds. The van der Waals surface area contributed by atoms with Gasteiger partial charge in [-0.2, -0.15) is 0 Å². The number of pyridine rings is 1. The third-order valence-corrected chi connectivity index (χ3v) is 6.12. The van der Waals surface area contributed by atoms with Crippen LogP contribution in [-0.4, -0.2) is 26.5 Å². The number of Topliss-reactive ketones (excluding diaryl/α,β-unsaturated/α-hetero) is 2. The third kappa shape index (κ3) is 4.57. The molecule has 0 atom stereocenters. The van der Waals surface area contributed by atoms with E-state index in [0.29, 0.717) is 24.0 Å². The second-order valence-electron chi connectivity index (χ2n) is 8.53. The van der Waals surface area contributed by atoms with E-state index in [1.807, 2.05) is 0 Å². The van der Waals surface area contributed by atoms with E-state index in [2.05, 4.69) is 15.0 Å². The van der Waals surface area contributed by atoms with Gasteiger partial charge in [-0.15, -0.1) is 0 Å². The molecule has 2 aromatic heterocycles. The molecule has 0 unspecified atom stereocenters. The van der Waals surface area contributed by atoms with E-state index in [-0.39, 0.29) is 47.1 Å². The van der Waals surface area contributed by atoms with Gasteiger partial charge in [-0.3, -0.25) is 14.4 Å². The van der Waals surface area contributed by atoms with Crippen molar-refractivity contribution >= 4 is 22.7 Å². The Bertz CT molecular complexity index is 1510. The predicted octanol–water partition coefficient (Wildman–Crippen LogP) is 4.09. The Labute approximate surface area is 197 Å². The number of carbonyl (C=O) groups excluding carboxylic acids is 2. The number of hydrogen-bond acceptors (Lipinski definition) is 6. The summed E-state index contributed by atoms with van der Waals surface area (Å²) in [6, 6.07) is 11.3. The molecule has 5 rings (SSSR count). The Morgan fingerprint density at radius 1 is 0.914 bits per heavy atom. The van der Waals surface area contributed by atoms with Gasteiger partial charge in [0, 0.05) is 25.1 Å². The number of aromatic amines is 1. The number of fused-ring (bicyclic) bond motifs is 1. The fraction of sp³-hybridized carbons (Fsp3) is 0.192. The van der Waals surface area contributed by atoms with Gasteiger partial charge in [0.2, 0.25) is 0 Å². The molecule has 0 spiro atoms. The van der Waals surface area contributed by atoms with Gasteiger partial charge < -0.3 is 9.72 Å². The van der Waals surface area contributed by atoms with Crippen molar-refractivity contribution in [3.8, 4) is 11.5 Å². The molecule has 1 fully saturated rings.